The van der Waals surface area contributed by atoms with E-state index in [-0.39, 0.29) is 12.1 Å². The number of nitrogens with zero attached hydrogens (tertiary/aromatic N) is 3. The molecule has 2 heterocycles. The Morgan fingerprint density at radius 2 is 2.00 bits per heavy atom. The predicted molar refractivity (Wildman–Crippen MR) is 96.3 cm³/mol. The molecule has 124 valence electrons. The third kappa shape index (κ3) is 3.74. The van der Waals surface area contributed by atoms with Gasteiger partial charge in [-0.25, -0.2) is 9.48 Å². The third-order valence-corrected chi connectivity index (χ3v) is 5.04. The number of aromatic nitrogens is 3. The Morgan fingerprint density at radius 1 is 1.25 bits per heavy atom. The number of hydrogen-bond donors (Lipinski definition) is 2. The van der Waals surface area contributed by atoms with Crippen molar-refractivity contribution < 1.29 is 4.79 Å². The molecule has 0 radical (unpaired) electrons. The first-order valence-corrected chi connectivity index (χ1v) is 8.49. The molecule has 3 rings (SSSR count). The minimum atomic E-state index is -0.319. The smallest absolute Gasteiger partial charge is 0.322 e. The summed E-state index contributed by atoms with van der Waals surface area (Å²) >= 11 is 7.55. The number of urea groups is 1. The van der Waals surface area contributed by atoms with Gasteiger partial charge in [0.1, 0.15) is 6.33 Å². The molecular formula is C16H16ClN5OS. The van der Waals surface area contributed by atoms with Gasteiger partial charge in [-0.2, -0.15) is 10.1 Å². The predicted octanol–water partition coefficient (Wildman–Crippen LogP) is 4.08. The van der Waals surface area contributed by atoms with Gasteiger partial charge in [0.15, 0.2) is 0 Å². The molecule has 0 aliphatic rings. The number of rotatable bonds is 4. The number of carbonyl (C=O) groups is 1. The molecule has 0 fully saturated rings. The number of aryl methyl sites for hydroxylation is 1. The summed E-state index contributed by atoms with van der Waals surface area (Å²) in [7, 11) is 1.71. The van der Waals surface area contributed by atoms with Gasteiger partial charge in [-0.05, 0) is 36.8 Å². The number of anilines is 1. The van der Waals surface area contributed by atoms with Crippen LogP contribution in [0.1, 0.15) is 17.8 Å². The molecule has 0 aliphatic heterocycles. The number of carbonyl (C=O) groups excluding carboxylic acids is 1. The Morgan fingerprint density at radius 3 is 2.67 bits per heavy atom. The summed E-state index contributed by atoms with van der Waals surface area (Å²) in [5, 5.41) is 10.2. The van der Waals surface area contributed by atoms with Crippen LogP contribution in [-0.4, -0.2) is 20.8 Å². The van der Waals surface area contributed by atoms with Crippen LogP contribution in [0.3, 0.4) is 0 Å². The van der Waals surface area contributed by atoms with Crippen LogP contribution in [0.4, 0.5) is 10.7 Å². The van der Waals surface area contributed by atoms with Gasteiger partial charge in [0.2, 0.25) is 5.95 Å². The molecule has 0 saturated heterocycles. The first-order valence-electron chi connectivity index (χ1n) is 7.30. The second-order valence-electron chi connectivity index (χ2n) is 5.24. The van der Waals surface area contributed by atoms with Gasteiger partial charge in [-0.3, -0.25) is 5.32 Å². The van der Waals surface area contributed by atoms with Gasteiger partial charge in [-0.15, -0.1) is 11.3 Å². The van der Waals surface area contributed by atoms with Crippen LogP contribution >= 0.6 is 22.9 Å². The normalized spacial score (nSPS) is 12.0. The molecule has 3 aromatic rings. The van der Waals surface area contributed by atoms with Gasteiger partial charge in [0.05, 0.1) is 6.04 Å². The first kappa shape index (κ1) is 16.5. The lowest BCUT2D eigenvalue weighted by molar-refractivity contribution is 0.249. The van der Waals surface area contributed by atoms with Crippen LogP contribution in [0.25, 0.3) is 10.4 Å². The minimum Gasteiger partial charge on any atom is -0.330 e. The number of amides is 2. The van der Waals surface area contributed by atoms with Crippen molar-refractivity contribution in [1.29, 1.82) is 0 Å². The molecular weight excluding hydrogens is 346 g/mol. The van der Waals surface area contributed by atoms with Crippen LogP contribution in [-0.2, 0) is 7.05 Å². The molecule has 2 aromatic heterocycles. The lowest BCUT2D eigenvalue weighted by atomic mass is 10.2. The lowest BCUT2D eigenvalue weighted by Gasteiger charge is -2.12. The summed E-state index contributed by atoms with van der Waals surface area (Å²) in [6.07, 6.45) is 1.39. The van der Waals surface area contributed by atoms with E-state index in [0.29, 0.717) is 11.0 Å². The van der Waals surface area contributed by atoms with Crippen LogP contribution < -0.4 is 10.6 Å². The maximum atomic E-state index is 12.0. The van der Waals surface area contributed by atoms with E-state index in [0.717, 1.165) is 15.3 Å². The molecule has 2 N–H and O–H groups in total. The molecule has 2 amide bonds. The second-order valence-corrected chi connectivity index (χ2v) is 6.79. The van der Waals surface area contributed by atoms with Crippen LogP contribution in [0, 0.1) is 0 Å². The Balaban J connectivity index is 1.65. The Hall–Kier alpha value is -2.38. The van der Waals surface area contributed by atoms with Gasteiger partial charge >= 0.3 is 6.03 Å². The van der Waals surface area contributed by atoms with Gasteiger partial charge < -0.3 is 5.32 Å². The molecule has 0 saturated carbocycles. The Labute approximate surface area is 148 Å². The van der Waals surface area contributed by atoms with E-state index in [9.17, 15) is 4.79 Å². The van der Waals surface area contributed by atoms with Crippen molar-refractivity contribution in [3.8, 4) is 10.4 Å². The van der Waals surface area contributed by atoms with E-state index in [4.69, 9.17) is 11.6 Å². The van der Waals surface area contributed by atoms with Crippen molar-refractivity contribution in [2.75, 3.05) is 5.32 Å². The topological polar surface area (TPSA) is 71.8 Å². The molecule has 1 aromatic carbocycles. The number of hydrogen-bond acceptors (Lipinski definition) is 4. The molecule has 0 spiro atoms. The number of halogens is 1. The molecule has 8 heteroatoms. The number of thiophene rings is 1. The van der Waals surface area contributed by atoms with Crippen LogP contribution in [0.2, 0.25) is 5.02 Å². The SMILES string of the molecule is CC(NC(=O)Nc1ncnn1C)c1ccc(-c2ccc(Cl)cc2)s1. The maximum absolute atomic E-state index is 12.0. The summed E-state index contributed by atoms with van der Waals surface area (Å²) < 4.78 is 1.49. The van der Waals surface area contributed by atoms with E-state index in [2.05, 4.69) is 20.7 Å². The monoisotopic (exact) mass is 361 g/mol. The summed E-state index contributed by atoms with van der Waals surface area (Å²) in [6, 6.07) is 11.3. The highest BCUT2D eigenvalue weighted by Gasteiger charge is 2.14. The highest BCUT2D eigenvalue weighted by molar-refractivity contribution is 7.15. The summed E-state index contributed by atoms with van der Waals surface area (Å²) in [6.45, 7) is 1.94. The Bertz CT molecular complexity index is 842. The molecule has 6 nitrogen and oxygen atoms in total. The zero-order valence-electron chi connectivity index (χ0n) is 13.2. The summed E-state index contributed by atoms with van der Waals surface area (Å²) in [5.41, 5.74) is 1.10. The fourth-order valence-electron chi connectivity index (χ4n) is 2.17. The van der Waals surface area contributed by atoms with E-state index < -0.39 is 0 Å². The van der Waals surface area contributed by atoms with Gasteiger partial charge in [0, 0.05) is 21.8 Å². The van der Waals surface area contributed by atoms with Crippen molar-refractivity contribution in [3.05, 3.63) is 52.6 Å². The highest BCUT2D eigenvalue weighted by Crippen LogP contribution is 2.31. The summed E-state index contributed by atoms with van der Waals surface area (Å²) in [5.74, 6) is 0.396. The maximum Gasteiger partial charge on any atom is 0.322 e. The molecule has 0 bridgehead atoms. The largest absolute Gasteiger partial charge is 0.330 e. The van der Waals surface area contributed by atoms with E-state index in [1.54, 1.807) is 18.4 Å². The van der Waals surface area contributed by atoms with Crippen molar-refractivity contribution in [2.24, 2.45) is 7.05 Å². The standard InChI is InChI=1S/C16H16ClN5OS/c1-10(20-16(23)21-15-18-9-19-22(15)2)13-7-8-14(24-13)11-3-5-12(17)6-4-11/h3-10H,1-2H3,(H2,18,19,20,21,23). The second kappa shape index (κ2) is 7.02. The van der Waals surface area contributed by atoms with Crippen molar-refractivity contribution >= 4 is 34.9 Å². The fourth-order valence-corrected chi connectivity index (χ4v) is 3.31. The van der Waals surface area contributed by atoms with Crippen LogP contribution in [0.15, 0.2) is 42.7 Å². The van der Waals surface area contributed by atoms with Crippen LogP contribution in [0.5, 0.6) is 0 Å². The van der Waals surface area contributed by atoms with E-state index in [1.807, 2.05) is 43.3 Å². The van der Waals surface area contributed by atoms with Gasteiger partial charge in [0.25, 0.3) is 0 Å². The Kier molecular flexibility index (Phi) is 4.82. The minimum absolute atomic E-state index is 0.121. The van der Waals surface area contributed by atoms with Crippen molar-refractivity contribution in [1.82, 2.24) is 20.1 Å². The summed E-state index contributed by atoms with van der Waals surface area (Å²) in [4.78, 5) is 18.2. The van der Waals surface area contributed by atoms with Gasteiger partial charge in [-0.1, -0.05) is 23.7 Å². The molecule has 1 atom stereocenters. The number of nitrogens with one attached hydrogen (secondary N) is 2. The van der Waals surface area contributed by atoms with Crippen molar-refractivity contribution in [2.45, 2.75) is 13.0 Å². The highest BCUT2D eigenvalue weighted by atomic mass is 35.5. The average Bonchev–Trinajstić information content (AvgIpc) is 3.18. The zero-order valence-corrected chi connectivity index (χ0v) is 14.7. The van der Waals surface area contributed by atoms with E-state index >= 15 is 0 Å². The molecule has 1 unspecified atom stereocenters. The first-order chi connectivity index (χ1) is 11.5. The molecule has 24 heavy (non-hydrogen) atoms. The number of benzene rings is 1. The van der Waals surface area contributed by atoms with E-state index in [1.165, 1.54) is 11.0 Å². The quantitative estimate of drug-likeness (QED) is 0.735. The third-order valence-electron chi connectivity index (χ3n) is 3.47. The lowest BCUT2D eigenvalue weighted by Crippen LogP contribution is -2.31. The van der Waals surface area contributed by atoms with Crippen molar-refractivity contribution in [3.63, 3.8) is 0 Å². The molecule has 0 aliphatic carbocycles. The average molecular weight is 362 g/mol. The fraction of sp³-hybridized carbons (Fsp3) is 0.188. The zero-order chi connectivity index (χ0) is 17.1.